The molecule has 0 heterocycles. The maximum Gasteiger partial charge on any atom is 0.309 e. The molecule has 0 aliphatic heterocycles. The lowest BCUT2D eigenvalue weighted by molar-refractivity contribution is -0.142. The Labute approximate surface area is 99.8 Å². The summed E-state index contributed by atoms with van der Waals surface area (Å²) in [5.74, 6) is -0.244. The van der Waals surface area contributed by atoms with Gasteiger partial charge in [-0.2, -0.15) is 0 Å². The fourth-order valence-electron chi connectivity index (χ4n) is 1.20. The van der Waals surface area contributed by atoms with Crippen molar-refractivity contribution in [1.82, 2.24) is 0 Å². The molecule has 0 bridgehead atoms. The average molecular weight is 240 g/mol. The molecule has 1 aromatic carbocycles. The topological polar surface area (TPSA) is 52.3 Å². The second-order valence-electron chi connectivity index (χ2n) is 3.18. The third-order valence-electron chi connectivity index (χ3n) is 1.94. The zero-order valence-electron chi connectivity index (χ0n) is 9.07. The van der Waals surface area contributed by atoms with E-state index in [2.05, 4.69) is 0 Å². The van der Waals surface area contributed by atoms with Gasteiger partial charge in [-0.15, -0.1) is 0 Å². The molecule has 0 saturated heterocycles. The van der Waals surface area contributed by atoms with Gasteiger partial charge in [-0.1, -0.05) is 29.8 Å². The van der Waals surface area contributed by atoms with E-state index in [1.807, 2.05) is 0 Å². The highest BCUT2D eigenvalue weighted by atomic mass is 35.5. The number of ether oxygens (including phenoxy) is 1. The fraction of sp³-hybridized carbons (Fsp3) is 0.250. The zero-order chi connectivity index (χ0) is 12.0. The molecule has 1 aromatic rings. The van der Waals surface area contributed by atoms with E-state index in [-0.39, 0.29) is 12.4 Å². The Morgan fingerprint density at radius 1 is 1.56 bits per heavy atom. The van der Waals surface area contributed by atoms with Crippen molar-refractivity contribution in [2.75, 3.05) is 12.3 Å². The SMILES string of the molecule is CCOC(=O)CC=Cc1ccc(Cl)cc1N. The molecule has 0 aliphatic carbocycles. The second-order valence-corrected chi connectivity index (χ2v) is 3.62. The van der Waals surface area contributed by atoms with E-state index in [1.165, 1.54) is 0 Å². The molecule has 1 rings (SSSR count). The monoisotopic (exact) mass is 239 g/mol. The Hall–Kier alpha value is -1.48. The van der Waals surface area contributed by atoms with Crippen LogP contribution in [0.2, 0.25) is 5.02 Å². The molecule has 0 radical (unpaired) electrons. The molecule has 16 heavy (non-hydrogen) atoms. The largest absolute Gasteiger partial charge is 0.466 e. The molecule has 0 atom stereocenters. The second kappa shape index (κ2) is 6.18. The number of carbonyl (C=O) groups is 1. The van der Waals surface area contributed by atoms with Gasteiger partial charge in [0.1, 0.15) is 0 Å². The van der Waals surface area contributed by atoms with Crippen molar-refractivity contribution in [2.24, 2.45) is 0 Å². The highest BCUT2D eigenvalue weighted by molar-refractivity contribution is 6.30. The van der Waals surface area contributed by atoms with Crippen LogP contribution in [-0.2, 0) is 9.53 Å². The third-order valence-corrected chi connectivity index (χ3v) is 2.17. The summed E-state index contributed by atoms with van der Waals surface area (Å²) in [4.78, 5) is 11.0. The number of hydrogen-bond acceptors (Lipinski definition) is 3. The summed E-state index contributed by atoms with van der Waals surface area (Å²) in [6, 6.07) is 5.23. The van der Waals surface area contributed by atoms with Crippen LogP contribution in [0.5, 0.6) is 0 Å². The third kappa shape index (κ3) is 3.95. The molecule has 0 aromatic heterocycles. The van der Waals surface area contributed by atoms with E-state index in [1.54, 1.807) is 37.3 Å². The van der Waals surface area contributed by atoms with Gasteiger partial charge in [-0.05, 0) is 24.6 Å². The Kier molecular flexibility index (Phi) is 4.86. The average Bonchev–Trinajstić information content (AvgIpc) is 2.22. The van der Waals surface area contributed by atoms with Gasteiger partial charge in [0.2, 0.25) is 0 Å². The van der Waals surface area contributed by atoms with Crippen molar-refractivity contribution in [3.8, 4) is 0 Å². The first-order valence-corrected chi connectivity index (χ1v) is 5.38. The Balaban J connectivity index is 2.59. The van der Waals surface area contributed by atoms with Crippen LogP contribution in [0.25, 0.3) is 6.08 Å². The van der Waals surface area contributed by atoms with Crippen molar-refractivity contribution in [1.29, 1.82) is 0 Å². The first-order chi connectivity index (χ1) is 7.63. The normalized spacial score (nSPS) is 10.6. The van der Waals surface area contributed by atoms with Crippen LogP contribution in [0.3, 0.4) is 0 Å². The number of nitrogen functional groups attached to an aromatic ring is 1. The van der Waals surface area contributed by atoms with Crippen LogP contribution in [0, 0.1) is 0 Å². The summed E-state index contributed by atoms with van der Waals surface area (Å²) in [5, 5.41) is 0.597. The smallest absolute Gasteiger partial charge is 0.309 e. The quantitative estimate of drug-likeness (QED) is 0.649. The molecule has 3 nitrogen and oxygen atoms in total. The summed E-state index contributed by atoms with van der Waals surface area (Å²) in [6.45, 7) is 2.18. The standard InChI is InChI=1S/C12H14ClNO2/c1-2-16-12(15)5-3-4-9-6-7-10(13)8-11(9)14/h3-4,6-8H,2,5,14H2,1H3. The highest BCUT2D eigenvalue weighted by Crippen LogP contribution is 2.19. The Morgan fingerprint density at radius 2 is 2.31 bits per heavy atom. The number of halogens is 1. The van der Waals surface area contributed by atoms with Crippen LogP contribution in [0.1, 0.15) is 18.9 Å². The van der Waals surface area contributed by atoms with Crippen LogP contribution >= 0.6 is 11.6 Å². The van der Waals surface area contributed by atoms with Gasteiger partial charge >= 0.3 is 5.97 Å². The predicted molar refractivity (Wildman–Crippen MR) is 66.1 cm³/mol. The number of esters is 1. The van der Waals surface area contributed by atoms with Crippen LogP contribution in [-0.4, -0.2) is 12.6 Å². The highest BCUT2D eigenvalue weighted by Gasteiger charge is 1.98. The van der Waals surface area contributed by atoms with Crippen molar-refractivity contribution in [3.05, 3.63) is 34.9 Å². The molecular weight excluding hydrogens is 226 g/mol. The Morgan fingerprint density at radius 3 is 2.94 bits per heavy atom. The van der Waals surface area contributed by atoms with Crippen molar-refractivity contribution in [3.63, 3.8) is 0 Å². The first-order valence-electron chi connectivity index (χ1n) is 5.00. The molecule has 2 N–H and O–H groups in total. The summed E-state index contributed by atoms with van der Waals surface area (Å²) in [5.41, 5.74) is 7.18. The maximum atomic E-state index is 11.0. The van der Waals surface area contributed by atoms with Gasteiger partial charge < -0.3 is 10.5 Å². The molecule has 4 heteroatoms. The predicted octanol–water partition coefficient (Wildman–Crippen LogP) is 2.89. The number of nitrogens with two attached hydrogens (primary N) is 1. The van der Waals surface area contributed by atoms with Gasteiger partial charge in [0, 0.05) is 10.7 Å². The van der Waals surface area contributed by atoms with E-state index in [0.717, 1.165) is 5.56 Å². The van der Waals surface area contributed by atoms with E-state index >= 15 is 0 Å². The molecular formula is C12H14ClNO2. The lowest BCUT2D eigenvalue weighted by Crippen LogP contribution is -2.01. The van der Waals surface area contributed by atoms with Gasteiger partial charge in [-0.25, -0.2) is 0 Å². The van der Waals surface area contributed by atoms with E-state index < -0.39 is 0 Å². The van der Waals surface area contributed by atoms with Crippen molar-refractivity contribution >= 4 is 29.3 Å². The van der Waals surface area contributed by atoms with E-state index in [4.69, 9.17) is 22.1 Å². The molecule has 86 valence electrons. The lowest BCUT2D eigenvalue weighted by atomic mass is 10.1. The fourth-order valence-corrected chi connectivity index (χ4v) is 1.38. The molecule has 0 fully saturated rings. The van der Waals surface area contributed by atoms with Crippen molar-refractivity contribution < 1.29 is 9.53 Å². The summed E-state index contributed by atoms with van der Waals surface area (Å²) >= 11 is 5.76. The van der Waals surface area contributed by atoms with Gasteiger partial charge in [-0.3, -0.25) is 4.79 Å². The molecule has 0 amide bonds. The zero-order valence-corrected chi connectivity index (χ0v) is 9.83. The number of carbonyl (C=O) groups excluding carboxylic acids is 1. The van der Waals surface area contributed by atoms with Crippen LogP contribution in [0.15, 0.2) is 24.3 Å². The summed E-state index contributed by atoms with van der Waals surface area (Å²) in [6.07, 6.45) is 3.75. The van der Waals surface area contributed by atoms with E-state index in [9.17, 15) is 4.79 Å². The minimum Gasteiger partial charge on any atom is -0.466 e. The minimum absolute atomic E-state index is 0.244. The van der Waals surface area contributed by atoms with Crippen LogP contribution < -0.4 is 5.73 Å². The van der Waals surface area contributed by atoms with Gasteiger partial charge in [0.25, 0.3) is 0 Å². The number of rotatable bonds is 4. The van der Waals surface area contributed by atoms with Gasteiger partial charge in [0.15, 0.2) is 0 Å². The molecule has 0 saturated carbocycles. The first kappa shape index (κ1) is 12.6. The maximum absolute atomic E-state index is 11.0. The van der Waals surface area contributed by atoms with E-state index in [0.29, 0.717) is 17.3 Å². The van der Waals surface area contributed by atoms with Crippen molar-refractivity contribution in [2.45, 2.75) is 13.3 Å². The van der Waals surface area contributed by atoms with Crippen LogP contribution in [0.4, 0.5) is 5.69 Å². The van der Waals surface area contributed by atoms with Gasteiger partial charge in [0.05, 0.1) is 13.0 Å². The molecule has 0 aliphatic rings. The molecule has 0 unspecified atom stereocenters. The summed E-state index contributed by atoms with van der Waals surface area (Å²) < 4.78 is 4.79. The minimum atomic E-state index is -0.244. The number of hydrogen-bond donors (Lipinski definition) is 1. The lowest BCUT2D eigenvalue weighted by Gasteiger charge is -2.00. The Bertz CT molecular complexity index is 402. The number of benzene rings is 1. The molecule has 0 spiro atoms. The number of anilines is 1. The summed E-state index contributed by atoms with van der Waals surface area (Å²) in [7, 11) is 0.